The summed E-state index contributed by atoms with van der Waals surface area (Å²) in [4.78, 5) is 13.3. The Balaban J connectivity index is 1.87. The maximum Gasteiger partial charge on any atom is 0.409 e. The number of methoxy groups -OCH3 is 1. The van der Waals surface area contributed by atoms with Crippen molar-refractivity contribution < 1.29 is 14.3 Å². The van der Waals surface area contributed by atoms with Gasteiger partial charge < -0.3 is 14.4 Å². The molecule has 0 N–H and O–H groups in total. The van der Waals surface area contributed by atoms with E-state index in [1.807, 2.05) is 6.92 Å². The van der Waals surface area contributed by atoms with Crippen LogP contribution in [0.3, 0.4) is 0 Å². The fraction of sp³-hybridized carbons (Fsp3) is 0.692. The van der Waals surface area contributed by atoms with Crippen molar-refractivity contribution in [2.24, 2.45) is 0 Å². The molecule has 3 heterocycles. The first-order valence-corrected chi connectivity index (χ1v) is 6.68. The van der Waals surface area contributed by atoms with Crippen LogP contribution in [0.5, 0.6) is 0 Å². The van der Waals surface area contributed by atoms with Crippen molar-refractivity contribution in [1.82, 2.24) is 14.7 Å². The molecule has 0 saturated carbocycles. The van der Waals surface area contributed by atoms with Gasteiger partial charge in [-0.25, -0.2) is 4.79 Å². The van der Waals surface area contributed by atoms with E-state index < -0.39 is 0 Å². The number of carbonyl (C=O) groups is 1. The van der Waals surface area contributed by atoms with E-state index in [0.717, 1.165) is 31.7 Å². The normalized spacial score (nSPS) is 22.4. The number of fused-ring (bicyclic) bond motifs is 1. The largest absolute Gasteiger partial charge is 0.453 e. The topological polar surface area (TPSA) is 56.6 Å². The summed E-state index contributed by atoms with van der Waals surface area (Å²) in [6, 6.07) is 0.354. The smallest absolute Gasteiger partial charge is 0.409 e. The van der Waals surface area contributed by atoms with E-state index in [-0.39, 0.29) is 6.09 Å². The van der Waals surface area contributed by atoms with E-state index in [4.69, 9.17) is 9.47 Å². The third-order valence-corrected chi connectivity index (χ3v) is 3.97. The van der Waals surface area contributed by atoms with Gasteiger partial charge in [-0.3, -0.25) is 4.68 Å². The second-order valence-electron chi connectivity index (χ2n) is 5.11. The number of aryl methyl sites for hydroxylation is 1. The van der Waals surface area contributed by atoms with Gasteiger partial charge in [0.1, 0.15) is 0 Å². The minimum Gasteiger partial charge on any atom is -0.453 e. The fourth-order valence-corrected chi connectivity index (χ4v) is 2.91. The van der Waals surface area contributed by atoms with Crippen molar-refractivity contribution in [2.75, 3.05) is 26.9 Å². The summed E-state index contributed by atoms with van der Waals surface area (Å²) >= 11 is 0. The highest BCUT2D eigenvalue weighted by Crippen LogP contribution is 2.28. The first kappa shape index (κ1) is 12.5. The average Bonchev–Trinajstić information content (AvgIpc) is 3.06. The highest BCUT2D eigenvalue weighted by atomic mass is 16.5. The van der Waals surface area contributed by atoms with Crippen LogP contribution in [0, 0.1) is 6.92 Å². The van der Waals surface area contributed by atoms with Crippen LogP contribution in [-0.4, -0.2) is 47.6 Å². The molecular weight excluding hydrogens is 246 g/mol. The molecule has 0 radical (unpaired) electrons. The molecule has 1 saturated heterocycles. The molecule has 0 aromatic carbocycles. The van der Waals surface area contributed by atoms with Crippen LogP contribution >= 0.6 is 0 Å². The third kappa shape index (κ3) is 2.10. The maximum atomic E-state index is 11.6. The van der Waals surface area contributed by atoms with Crippen molar-refractivity contribution in [1.29, 1.82) is 0 Å². The van der Waals surface area contributed by atoms with E-state index in [2.05, 4.69) is 9.78 Å². The van der Waals surface area contributed by atoms with E-state index >= 15 is 0 Å². The molecule has 2 aliphatic rings. The van der Waals surface area contributed by atoms with Gasteiger partial charge in [-0.15, -0.1) is 0 Å². The molecule has 1 amide bonds. The summed E-state index contributed by atoms with van der Waals surface area (Å²) in [5.41, 5.74) is 3.44. The minimum absolute atomic E-state index is 0.262. The number of hydrogen-bond acceptors (Lipinski definition) is 4. The molecule has 6 nitrogen and oxygen atoms in total. The van der Waals surface area contributed by atoms with E-state index in [0.29, 0.717) is 19.1 Å². The van der Waals surface area contributed by atoms with Crippen LogP contribution in [0.15, 0.2) is 0 Å². The molecule has 0 spiro atoms. The number of carbonyl (C=O) groups excluding carboxylic acids is 1. The standard InChI is InChI=1S/C13H19N3O3/c1-9-11-7-15(13(17)18-2)5-3-12(11)16(14-9)10-4-6-19-8-10/h10H,3-8H2,1-2H3. The Hall–Kier alpha value is -1.56. The van der Waals surface area contributed by atoms with Crippen LogP contribution in [0.1, 0.15) is 29.4 Å². The predicted molar refractivity (Wildman–Crippen MR) is 68.0 cm³/mol. The minimum atomic E-state index is -0.262. The molecule has 1 atom stereocenters. The van der Waals surface area contributed by atoms with Gasteiger partial charge in [-0.05, 0) is 13.3 Å². The molecular formula is C13H19N3O3. The number of hydrogen-bond donors (Lipinski definition) is 0. The van der Waals surface area contributed by atoms with Crippen molar-refractivity contribution in [3.8, 4) is 0 Å². The van der Waals surface area contributed by atoms with Crippen molar-refractivity contribution in [3.05, 3.63) is 17.0 Å². The molecule has 0 aliphatic carbocycles. The molecule has 6 heteroatoms. The van der Waals surface area contributed by atoms with Gasteiger partial charge in [-0.1, -0.05) is 0 Å². The fourth-order valence-electron chi connectivity index (χ4n) is 2.91. The Labute approximate surface area is 112 Å². The van der Waals surface area contributed by atoms with Crippen LogP contribution in [0.4, 0.5) is 4.79 Å². The zero-order valence-electron chi connectivity index (χ0n) is 11.4. The summed E-state index contributed by atoms with van der Waals surface area (Å²) in [7, 11) is 1.42. The quantitative estimate of drug-likeness (QED) is 0.767. The summed E-state index contributed by atoms with van der Waals surface area (Å²) in [6.07, 6.45) is 1.60. The summed E-state index contributed by atoms with van der Waals surface area (Å²) in [6.45, 7) is 4.85. The van der Waals surface area contributed by atoms with Crippen LogP contribution < -0.4 is 0 Å². The van der Waals surface area contributed by atoms with E-state index in [1.54, 1.807) is 4.90 Å². The van der Waals surface area contributed by atoms with Gasteiger partial charge in [0.2, 0.25) is 0 Å². The molecule has 2 aliphatic heterocycles. The van der Waals surface area contributed by atoms with Crippen LogP contribution in [-0.2, 0) is 22.4 Å². The summed E-state index contributed by atoms with van der Waals surface area (Å²) < 4.78 is 12.4. The average molecular weight is 265 g/mol. The number of ether oxygens (including phenoxy) is 2. The number of amides is 1. The molecule has 3 rings (SSSR count). The third-order valence-electron chi connectivity index (χ3n) is 3.97. The lowest BCUT2D eigenvalue weighted by molar-refractivity contribution is 0.118. The lowest BCUT2D eigenvalue weighted by atomic mass is 10.1. The molecule has 1 unspecified atom stereocenters. The lowest BCUT2D eigenvalue weighted by Gasteiger charge is -2.27. The maximum absolute atomic E-state index is 11.6. The Morgan fingerprint density at radius 1 is 1.53 bits per heavy atom. The van der Waals surface area contributed by atoms with Gasteiger partial charge >= 0.3 is 6.09 Å². The van der Waals surface area contributed by atoms with E-state index in [9.17, 15) is 4.79 Å². The monoisotopic (exact) mass is 265 g/mol. The first-order valence-electron chi connectivity index (χ1n) is 6.68. The van der Waals surface area contributed by atoms with Crippen molar-refractivity contribution in [2.45, 2.75) is 32.4 Å². The van der Waals surface area contributed by atoms with Gasteiger partial charge in [0.15, 0.2) is 0 Å². The van der Waals surface area contributed by atoms with Gasteiger partial charge in [0.25, 0.3) is 0 Å². The Morgan fingerprint density at radius 2 is 2.37 bits per heavy atom. The second-order valence-corrected chi connectivity index (χ2v) is 5.11. The Bertz CT molecular complexity index is 492. The molecule has 1 aromatic heterocycles. The summed E-state index contributed by atoms with van der Waals surface area (Å²) in [5.74, 6) is 0. The van der Waals surface area contributed by atoms with E-state index in [1.165, 1.54) is 18.4 Å². The number of rotatable bonds is 1. The highest BCUT2D eigenvalue weighted by molar-refractivity contribution is 5.68. The van der Waals surface area contributed by atoms with Gasteiger partial charge in [-0.2, -0.15) is 5.10 Å². The van der Waals surface area contributed by atoms with Gasteiger partial charge in [0.05, 0.1) is 32.0 Å². The van der Waals surface area contributed by atoms with Gasteiger partial charge in [0, 0.05) is 30.8 Å². The molecule has 0 bridgehead atoms. The number of aromatic nitrogens is 2. The van der Waals surface area contributed by atoms with Crippen molar-refractivity contribution >= 4 is 6.09 Å². The molecule has 1 aromatic rings. The second kappa shape index (κ2) is 4.85. The molecule has 19 heavy (non-hydrogen) atoms. The Morgan fingerprint density at radius 3 is 3.05 bits per heavy atom. The van der Waals surface area contributed by atoms with Crippen LogP contribution in [0.2, 0.25) is 0 Å². The molecule has 1 fully saturated rings. The molecule has 104 valence electrons. The van der Waals surface area contributed by atoms with Crippen LogP contribution in [0.25, 0.3) is 0 Å². The zero-order chi connectivity index (χ0) is 13.4. The summed E-state index contributed by atoms with van der Waals surface area (Å²) in [5, 5.41) is 4.65. The first-order chi connectivity index (χ1) is 9.20. The van der Waals surface area contributed by atoms with Crippen molar-refractivity contribution in [3.63, 3.8) is 0 Å². The zero-order valence-corrected chi connectivity index (χ0v) is 11.4. The SMILES string of the molecule is COC(=O)N1CCc2c(c(C)nn2C2CCOC2)C1. The Kier molecular flexibility index (Phi) is 3.18. The lowest BCUT2D eigenvalue weighted by Crippen LogP contribution is -2.36. The number of nitrogens with zero attached hydrogens (tertiary/aromatic N) is 3. The predicted octanol–water partition coefficient (Wildman–Crippen LogP) is 1.28. The highest BCUT2D eigenvalue weighted by Gasteiger charge is 2.29.